The van der Waals surface area contributed by atoms with Crippen LogP contribution < -0.4 is 0 Å². The summed E-state index contributed by atoms with van der Waals surface area (Å²) in [6.07, 6.45) is 7.35. The number of fused-ring (bicyclic) bond motifs is 1. The molecule has 1 aliphatic heterocycles. The van der Waals surface area contributed by atoms with Gasteiger partial charge in [0.15, 0.2) is 11.5 Å². The molecule has 5 nitrogen and oxygen atoms in total. The molecule has 4 rings (SSSR count). The second kappa shape index (κ2) is 4.58. The molecule has 1 amide bonds. The van der Waals surface area contributed by atoms with Gasteiger partial charge in [-0.25, -0.2) is 0 Å². The minimum absolute atomic E-state index is 0.0977. The van der Waals surface area contributed by atoms with Gasteiger partial charge in [0.1, 0.15) is 0 Å². The minimum atomic E-state index is 0.0977. The summed E-state index contributed by atoms with van der Waals surface area (Å²) in [4.78, 5) is 14.6. The van der Waals surface area contributed by atoms with Gasteiger partial charge < -0.3 is 4.90 Å². The van der Waals surface area contributed by atoms with E-state index in [1.165, 1.54) is 6.42 Å². The first kappa shape index (κ1) is 11.9. The van der Waals surface area contributed by atoms with Crippen LogP contribution in [0, 0.1) is 5.92 Å². The summed E-state index contributed by atoms with van der Waals surface area (Å²) >= 11 is 0. The van der Waals surface area contributed by atoms with Crippen molar-refractivity contribution in [3.8, 4) is 0 Å². The van der Waals surface area contributed by atoms with Gasteiger partial charge in [0.25, 0.3) is 0 Å². The number of likely N-dealkylation sites (tertiary alicyclic amines) is 1. The monoisotopic (exact) mass is 270 g/mol. The lowest BCUT2D eigenvalue weighted by Gasteiger charge is -2.32. The SMILES string of the molecule is O=C(C1CCC1)N1CCC[C@@H]1c1nnc2ccccn12. The van der Waals surface area contributed by atoms with Gasteiger partial charge in [-0.1, -0.05) is 12.5 Å². The molecule has 0 unspecified atom stereocenters. The third-order valence-corrected chi connectivity index (χ3v) is 4.63. The maximum absolute atomic E-state index is 12.5. The summed E-state index contributed by atoms with van der Waals surface area (Å²) in [5.41, 5.74) is 0.852. The van der Waals surface area contributed by atoms with Gasteiger partial charge in [-0.05, 0) is 37.8 Å². The lowest BCUT2D eigenvalue weighted by atomic mass is 9.84. The van der Waals surface area contributed by atoms with Crippen molar-refractivity contribution in [1.82, 2.24) is 19.5 Å². The predicted molar refractivity (Wildman–Crippen MR) is 74.0 cm³/mol. The van der Waals surface area contributed by atoms with Crippen molar-refractivity contribution in [2.24, 2.45) is 5.92 Å². The van der Waals surface area contributed by atoms with E-state index < -0.39 is 0 Å². The lowest BCUT2D eigenvalue weighted by Crippen LogP contribution is -2.38. The number of carbonyl (C=O) groups excluding carboxylic acids is 1. The Morgan fingerprint density at radius 1 is 1.15 bits per heavy atom. The number of pyridine rings is 1. The molecule has 0 aromatic carbocycles. The lowest BCUT2D eigenvalue weighted by molar-refractivity contribution is -0.139. The number of rotatable bonds is 2. The molecule has 0 N–H and O–H groups in total. The van der Waals surface area contributed by atoms with Crippen molar-refractivity contribution < 1.29 is 4.79 Å². The number of aromatic nitrogens is 3. The van der Waals surface area contributed by atoms with Gasteiger partial charge in [0.05, 0.1) is 6.04 Å². The first-order chi connectivity index (χ1) is 9.84. The number of carbonyl (C=O) groups is 1. The maximum atomic E-state index is 12.5. The zero-order valence-corrected chi connectivity index (χ0v) is 11.4. The molecule has 1 saturated carbocycles. The molecule has 5 heteroatoms. The molecular weight excluding hydrogens is 252 g/mol. The Morgan fingerprint density at radius 3 is 2.85 bits per heavy atom. The van der Waals surface area contributed by atoms with Crippen LogP contribution in [0.5, 0.6) is 0 Å². The molecule has 1 atom stereocenters. The zero-order valence-electron chi connectivity index (χ0n) is 11.4. The average Bonchev–Trinajstić information content (AvgIpc) is 3.02. The zero-order chi connectivity index (χ0) is 13.5. The van der Waals surface area contributed by atoms with Crippen LogP contribution >= 0.6 is 0 Å². The Morgan fingerprint density at radius 2 is 2.05 bits per heavy atom. The first-order valence-corrected chi connectivity index (χ1v) is 7.45. The molecule has 1 aliphatic carbocycles. The third kappa shape index (κ3) is 1.72. The Bertz CT molecular complexity index is 646. The summed E-state index contributed by atoms with van der Waals surface area (Å²) in [6.45, 7) is 0.863. The van der Waals surface area contributed by atoms with E-state index in [2.05, 4.69) is 10.2 Å². The smallest absolute Gasteiger partial charge is 0.226 e. The maximum Gasteiger partial charge on any atom is 0.226 e. The largest absolute Gasteiger partial charge is 0.332 e. The number of nitrogens with zero attached hydrogens (tertiary/aromatic N) is 4. The molecule has 2 aromatic rings. The second-order valence-electron chi connectivity index (χ2n) is 5.80. The van der Waals surface area contributed by atoms with Gasteiger partial charge in [0, 0.05) is 18.7 Å². The normalized spacial score (nSPS) is 23.2. The van der Waals surface area contributed by atoms with Gasteiger partial charge in [-0.15, -0.1) is 10.2 Å². The van der Waals surface area contributed by atoms with E-state index in [1.54, 1.807) is 0 Å². The van der Waals surface area contributed by atoms with Crippen molar-refractivity contribution in [2.45, 2.75) is 38.1 Å². The Kier molecular flexibility index (Phi) is 2.72. The van der Waals surface area contributed by atoms with Crippen LogP contribution in [0.4, 0.5) is 0 Å². The van der Waals surface area contributed by atoms with Crippen LogP contribution in [-0.4, -0.2) is 31.9 Å². The molecule has 0 radical (unpaired) electrons. The topological polar surface area (TPSA) is 50.5 Å². The van der Waals surface area contributed by atoms with E-state index in [-0.39, 0.29) is 12.0 Å². The van der Waals surface area contributed by atoms with Gasteiger partial charge >= 0.3 is 0 Å². The van der Waals surface area contributed by atoms with Crippen molar-refractivity contribution in [3.05, 3.63) is 30.2 Å². The van der Waals surface area contributed by atoms with Crippen molar-refractivity contribution in [2.75, 3.05) is 6.54 Å². The molecule has 3 heterocycles. The van der Waals surface area contributed by atoms with Crippen LogP contribution in [0.15, 0.2) is 24.4 Å². The summed E-state index contributed by atoms with van der Waals surface area (Å²) in [5, 5.41) is 8.54. The quantitative estimate of drug-likeness (QED) is 0.840. The number of hydrogen-bond donors (Lipinski definition) is 0. The van der Waals surface area contributed by atoms with Crippen LogP contribution in [0.1, 0.15) is 44.0 Å². The molecule has 0 bridgehead atoms. The van der Waals surface area contributed by atoms with Crippen molar-refractivity contribution in [1.29, 1.82) is 0 Å². The number of amides is 1. The minimum Gasteiger partial charge on any atom is -0.332 e. The Hall–Kier alpha value is -1.91. The summed E-state index contributed by atoms with van der Waals surface area (Å²) in [5.74, 6) is 1.49. The fraction of sp³-hybridized carbons (Fsp3) is 0.533. The Labute approximate surface area is 117 Å². The van der Waals surface area contributed by atoms with E-state index >= 15 is 0 Å². The van der Waals surface area contributed by atoms with Crippen molar-refractivity contribution in [3.63, 3.8) is 0 Å². The van der Waals surface area contributed by atoms with Crippen LogP contribution in [0.3, 0.4) is 0 Å². The van der Waals surface area contributed by atoms with Gasteiger partial charge in [-0.3, -0.25) is 9.20 Å². The second-order valence-corrected chi connectivity index (χ2v) is 5.80. The van der Waals surface area contributed by atoms with Crippen LogP contribution in [0.2, 0.25) is 0 Å². The van der Waals surface area contributed by atoms with E-state index in [9.17, 15) is 4.79 Å². The standard InChI is InChI=1S/C15H18N4O/c20-15(11-5-3-6-11)18-10-4-7-12(18)14-17-16-13-8-1-2-9-19(13)14/h1-2,8-9,11-12H,3-7,10H2/t12-/m1/s1. The molecule has 1 saturated heterocycles. The molecule has 2 aromatic heterocycles. The highest BCUT2D eigenvalue weighted by Gasteiger charge is 2.38. The summed E-state index contributed by atoms with van der Waals surface area (Å²) in [7, 11) is 0. The van der Waals surface area contributed by atoms with Crippen LogP contribution in [0.25, 0.3) is 5.65 Å². The average molecular weight is 270 g/mol. The van der Waals surface area contributed by atoms with Gasteiger partial charge in [0.2, 0.25) is 5.91 Å². The molecule has 20 heavy (non-hydrogen) atoms. The molecule has 2 aliphatic rings. The Balaban J connectivity index is 1.67. The molecular formula is C15H18N4O. The predicted octanol–water partition coefficient (Wildman–Crippen LogP) is 2.19. The first-order valence-electron chi connectivity index (χ1n) is 7.45. The van der Waals surface area contributed by atoms with E-state index in [4.69, 9.17) is 0 Å². The summed E-state index contributed by atoms with van der Waals surface area (Å²) < 4.78 is 2.01. The highest BCUT2D eigenvalue weighted by Crippen LogP contribution is 2.36. The van der Waals surface area contributed by atoms with E-state index in [0.29, 0.717) is 5.91 Å². The van der Waals surface area contributed by atoms with Gasteiger partial charge in [-0.2, -0.15) is 0 Å². The fourth-order valence-corrected chi connectivity index (χ4v) is 3.28. The highest BCUT2D eigenvalue weighted by molar-refractivity contribution is 5.80. The number of hydrogen-bond acceptors (Lipinski definition) is 3. The molecule has 104 valence electrons. The van der Waals surface area contributed by atoms with E-state index in [1.807, 2.05) is 33.7 Å². The van der Waals surface area contributed by atoms with Crippen LogP contribution in [-0.2, 0) is 4.79 Å². The van der Waals surface area contributed by atoms with Crippen molar-refractivity contribution >= 4 is 11.6 Å². The summed E-state index contributed by atoms with van der Waals surface area (Å²) in [6, 6.07) is 5.98. The third-order valence-electron chi connectivity index (χ3n) is 4.63. The molecule has 0 spiro atoms. The fourth-order valence-electron chi connectivity index (χ4n) is 3.28. The van der Waals surface area contributed by atoms with E-state index in [0.717, 1.165) is 43.7 Å². The molecule has 2 fully saturated rings. The highest BCUT2D eigenvalue weighted by atomic mass is 16.2.